The van der Waals surface area contributed by atoms with Crippen molar-refractivity contribution in [3.63, 3.8) is 0 Å². The number of hydrogen-bond acceptors (Lipinski definition) is 9. The molecule has 4 atom stereocenters. The Morgan fingerprint density at radius 2 is 1.45 bits per heavy atom. The van der Waals surface area contributed by atoms with E-state index in [0.29, 0.717) is 40.5 Å². The van der Waals surface area contributed by atoms with Gasteiger partial charge in [0.15, 0.2) is 0 Å². The third-order valence-corrected chi connectivity index (χ3v) is 12.9. The van der Waals surface area contributed by atoms with Gasteiger partial charge in [0.1, 0.15) is 17.7 Å². The predicted molar refractivity (Wildman–Crippen MR) is 246 cm³/mol. The van der Waals surface area contributed by atoms with E-state index in [9.17, 15) is 14.4 Å². The van der Waals surface area contributed by atoms with Crippen LogP contribution in [0.3, 0.4) is 0 Å². The average molecular weight is 903 g/mol. The Bertz CT molecular complexity index is 2740. The number of aromatic amines is 2. The van der Waals surface area contributed by atoms with Crippen molar-refractivity contribution in [2.24, 2.45) is 11.8 Å². The molecule has 2 aromatic heterocycles. The van der Waals surface area contributed by atoms with Crippen molar-refractivity contribution in [2.75, 3.05) is 34.1 Å². The number of hydrogen-bond donors (Lipinski definition) is 5. The van der Waals surface area contributed by atoms with Crippen molar-refractivity contribution >= 4 is 29.1 Å². The second-order valence-corrected chi connectivity index (χ2v) is 17.9. The highest BCUT2D eigenvalue weighted by atomic mass is 19.3. The number of nitrogens with one attached hydrogen (secondary N) is 5. The van der Waals surface area contributed by atoms with Gasteiger partial charge in [0.25, 0.3) is 5.92 Å². The molecule has 4 unspecified atom stereocenters. The molecule has 1 aliphatic carbocycles. The fourth-order valence-electron chi connectivity index (χ4n) is 9.05. The number of carbonyl (C=O) groups excluding carboxylic acids is 3. The van der Waals surface area contributed by atoms with E-state index in [4.69, 9.17) is 19.2 Å². The number of carbonyl (C=O) groups is 3. The minimum absolute atomic E-state index is 0.0731. The first-order valence-corrected chi connectivity index (χ1v) is 22.2. The Hall–Kier alpha value is -6.65. The summed E-state index contributed by atoms with van der Waals surface area (Å²) in [7, 11) is 2.57. The lowest BCUT2D eigenvalue weighted by Crippen LogP contribution is -2.51. The molecule has 1 fully saturated rings. The lowest BCUT2D eigenvalue weighted by atomic mass is 9.98. The molecule has 3 amide bonds. The van der Waals surface area contributed by atoms with Gasteiger partial charge in [-0.3, -0.25) is 9.69 Å². The van der Waals surface area contributed by atoms with Gasteiger partial charge in [0, 0.05) is 23.2 Å². The number of nitrogens with zero attached hydrogens (tertiary/aromatic N) is 3. The van der Waals surface area contributed by atoms with Crippen LogP contribution in [0.2, 0.25) is 0 Å². The van der Waals surface area contributed by atoms with Crippen LogP contribution < -0.4 is 16.0 Å². The molecule has 2 aliphatic rings. The van der Waals surface area contributed by atoms with E-state index in [2.05, 4.69) is 42.7 Å². The van der Waals surface area contributed by atoms with Gasteiger partial charge in [-0.1, -0.05) is 88.4 Å². The third-order valence-electron chi connectivity index (χ3n) is 12.9. The molecule has 8 rings (SSSR count). The molecule has 6 aromatic rings. The topological polar surface area (TPSA) is 176 Å². The van der Waals surface area contributed by atoms with E-state index in [1.165, 1.54) is 20.3 Å². The molecule has 1 saturated heterocycles. The number of likely N-dealkylation sites (tertiary alicyclic amines) is 1. The van der Waals surface area contributed by atoms with Gasteiger partial charge in [0.05, 0.1) is 68.1 Å². The first-order chi connectivity index (χ1) is 31.6. The largest absolute Gasteiger partial charge is 0.453 e. The molecule has 66 heavy (non-hydrogen) atoms. The van der Waals surface area contributed by atoms with E-state index in [1.54, 1.807) is 30.5 Å². The second kappa shape index (κ2) is 18.7. The van der Waals surface area contributed by atoms with Gasteiger partial charge in [0.2, 0.25) is 5.91 Å². The summed E-state index contributed by atoms with van der Waals surface area (Å²) in [5, 5.41) is 8.44. The summed E-state index contributed by atoms with van der Waals surface area (Å²) in [4.78, 5) is 56.0. The standard InChI is InChI=1S/C50H56F2N8O6/c1-28(2)42(58-45(61)43(29(3)4)59-48(63)65-7)44-53-25-40(54-44)33-15-18-35-34-17-14-31(22-36(34)50(51,52)37(35)23-33)32-16-19-38-39(24-32)56-46(55-38)49(5)20-11-21-60(49)27-66-26-41(57-47(62)64-6)30-12-9-8-10-13-30/h8-10,12-19,22-25,28-29,41-43H,11,20-21,26-27H2,1-7H3,(H,53,54)(H,55,56)(H,57,62)(H,58,61)(H,59,63). The van der Waals surface area contributed by atoms with Crippen molar-refractivity contribution in [1.29, 1.82) is 0 Å². The number of alkyl halides is 2. The van der Waals surface area contributed by atoms with Crippen LogP contribution >= 0.6 is 0 Å². The van der Waals surface area contributed by atoms with Gasteiger partial charge in [-0.05, 0) is 83.7 Å². The number of aromatic nitrogens is 4. The van der Waals surface area contributed by atoms with Gasteiger partial charge >= 0.3 is 12.2 Å². The van der Waals surface area contributed by atoms with E-state index in [1.807, 2.05) is 82.3 Å². The molecule has 0 bridgehead atoms. The second-order valence-electron chi connectivity index (χ2n) is 17.9. The van der Waals surface area contributed by atoms with E-state index < -0.39 is 47.7 Å². The lowest BCUT2D eigenvalue weighted by Gasteiger charge is -2.33. The Morgan fingerprint density at radius 1 is 0.803 bits per heavy atom. The van der Waals surface area contributed by atoms with Crippen LogP contribution in [-0.2, 0) is 30.5 Å². The van der Waals surface area contributed by atoms with E-state index >= 15 is 8.78 Å². The Kier molecular flexibility index (Phi) is 13.0. The van der Waals surface area contributed by atoms with Crippen LogP contribution in [0, 0.1) is 11.8 Å². The van der Waals surface area contributed by atoms with Gasteiger partial charge < -0.3 is 40.1 Å². The van der Waals surface area contributed by atoms with Gasteiger partial charge in [-0.2, -0.15) is 8.78 Å². The lowest BCUT2D eigenvalue weighted by molar-refractivity contribution is -0.125. The van der Waals surface area contributed by atoms with Crippen molar-refractivity contribution in [3.05, 3.63) is 119 Å². The molecule has 1 aliphatic heterocycles. The number of fused-ring (bicyclic) bond motifs is 4. The third kappa shape index (κ3) is 8.99. The molecule has 346 valence electrons. The molecule has 14 nitrogen and oxygen atoms in total. The molecular weight excluding hydrogens is 847 g/mol. The number of benzene rings is 4. The zero-order valence-corrected chi connectivity index (χ0v) is 38.1. The number of halogens is 2. The maximum absolute atomic E-state index is 16.6. The summed E-state index contributed by atoms with van der Waals surface area (Å²) in [5.74, 6) is -2.75. The van der Waals surface area contributed by atoms with Crippen LogP contribution in [0.4, 0.5) is 18.4 Å². The number of ether oxygens (including phenoxy) is 3. The first-order valence-electron chi connectivity index (χ1n) is 22.2. The van der Waals surface area contributed by atoms with E-state index in [-0.39, 0.29) is 29.6 Å². The summed E-state index contributed by atoms with van der Waals surface area (Å²) < 4.78 is 49.0. The van der Waals surface area contributed by atoms with Crippen molar-refractivity contribution in [2.45, 2.75) is 77.0 Å². The molecule has 5 N–H and O–H groups in total. The average Bonchev–Trinajstić information content (AvgIpc) is 4.11. The van der Waals surface area contributed by atoms with E-state index in [0.717, 1.165) is 47.4 Å². The maximum atomic E-state index is 16.6. The minimum atomic E-state index is -3.28. The normalized spacial score (nSPS) is 17.9. The number of H-pyrrole nitrogens is 2. The summed E-state index contributed by atoms with van der Waals surface area (Å²) in [6, 6.07) is 23.8. The fraction of sp³-hybridized carbons (Fsp3) is 0.380. The maximum Gasteiger partial charge on any atom is 0.407 e. The molecule has 0 radical (unpaired) electrons. The molecular formula is C50H56F2N8O6. The molecule has 16 heteroatoms. The molecule has 0 saturated carbocycles. The number of amides is 3. The van der Waals surface area contributed by atoms with Crippen molar-refractivity contribution in [1.82, 2.24) is 40.8 Å². The van der Waals surface area contributed by atoms with Crippen LogP contribution in [-0.4, -0.2) is 83.1 Å². The van der Waals surface area contributed by atoms with Crippen LogP contribution in [0.1, 0.15) is 87.9 Å². The summed E-state index contributed by atoms with van der Waals surface area (Å²) in [5.41, 5.74) is 5.21. The highest BCUT2D eigenvalue weighted by Gasteiger charge is 2.45. The first kappa shape index (κ1) is 45.9. The highest BCUT2D eigenvalue weighted by Crippen LogP contribution is 2.53. The minimum Gasteiger partial charge on any atom is -0.453 e. The van der Waals surface area contributed by atoms with Crippen molar-refractivity contribution in [3.8, 4) is 33.5 Å². The number of methoxy groups -OCH3 is 2. The fourth-order valence-corrected chi connectivity index (χ4v) is 9.05. The molecule has 3 heterocycles. The summed E-state index contributed by atoms with van der Waals surface area (Å²) in [6.45, 7) is 11.0. The molecule has 0 spiro atoms. The smallest absolute Gasteiger partial charge is 0.407 e. The Labute approximate surface area is 382 Å². The highest BCUT2D eigenvalue weighted by molar-refractivity contribution is 5.88. The van der Waals surface area contributed by atoms with Gasteiger partial charge in [-0.15, -0.1) is 0 Å². The Balaban J connectivity index is 0.980. The van der Waals surface area contributed by atoms with Gasteiger partial charge in [-0.25, -0.2) is 19.6 Å². The summed E-state index contributed by atoms with van der Waals surface area (Å²) in [6.07, 6.45) is 2.12. The predicted octanol–water partition coefficient (Wildman–Crippen LogP) is 9.32. The zero-order chi connectivity index (χ0) is 46.9. The number of alkyl carbamates (subject to hydrolysis) is 2. The van der Waals surface area contributed by atoms with Crippen LogP contribution in [0.5, 0.6) is 0 Å². The quantitative estimate of drug-likeness (QED) is 0.0673. The zero-order valence-electron chi connectivity index (χ0n) is 38.1. The van der Waals surface area contributed by atoms with Crippen molar-refractivity contribution < 1.29 is 37.4 Å². The summed E-state index contributed by atoms with van der Waals surface area (Å²) >= 11 is 0. The Morgan fingerprint density at radius 3 is 2.14 bits per heavy atom. The monoisotopic (exact) mass is 902 g/mol. The molecule has 4 aromatic carbocycles. The van der Waals surface area contributed by atoms with Crippen LogP contribution in [0.15, 0.2) is 91.1 Å². The van der Waals surface area contributed by atoms with Crippen LogP contribution in [0.25, 0.3) is 44.5 Å². The number of imidazole rings is 2. The number of rotatable bonds is 15. The SMILES string of the molecule is COC(=O)NC(COCN1CCCC1(C)c1nc2ccc(-c3ccc4c(c3)C(F)(F)c3cc(-c5cnc(C(NC(=O)C(NC(=O)OC)C(C)C)C(C)C)[nH]5)ccc3-4)cc2[nH]1)c1ccccc1.